The van der Waals surface area contributed by atoms with E-state index in [-0.39, 0.29) is 91.7 Å². The molecular weight excluding hydrogens is 378 g/mol. The topological polar surface area (TPSA) is 369 Å². The summed E-state index contributed by atoms with van der Waals surface area (Å²) in [7, 11) is -5.17. The molecule has 15 heavy (non-hydrogen) atoms. The third-order valence-electron chi connectivity index (χ3n) is 0. The third-order valence-corrected chi connectivity index (χ3v) is 0. The van der Waals surface area contributed by atoms with E-state index in [0.717, 1.165) is 0 Å². The SMILES string of the molecule is O.O.O.O.O.O.O.O.O=S(=O)([O-])[O-].[Ce+3].[NH4+]. The molecule has 13 nitrogen and oxygen atoms in total. The van der Waals surface area contributed by atoms with Crippen LogP contribution in [0.4, 0.5) is 0 Å². The van der Waals surface area contributed by atoms with Gasteiger partial charge in [-0.2, -0.15) is 0 Å². The van der Waals surface area contributed by atoms with Gasteiger partial charge in [0.2, 0.25) is 0 Å². The van der Waals surface area contributed by atoms with Crippen molar-refractivity contribution < 1.29 is 103 Å². The fourth-order valence-corrected chi connectivity index (χ4v) is 0. The summed E-state index contributed by atoms with van der Waals surface area (Å²) in [5.74, 6) is 0. The maximum atomic E-state index is 8.52. The molecule has 0 saturated carbocycles. The molecule has 0 bridgehead atoms. The third kappa shape index (κ3) is 3140. The zero-order chi connectivity index (χ0) is 4.50. The van der Waals surface area contributed by atoms with Crippen LogP contribution in [0.15, 0.2) is 0 Å². The van der Waals surface area contributed by atoms with Crippen molar-refractivity contribution in [3.63, 3.8) is 0 Å². The quantitative estimate of drug-likeness (QED) is 0.306. The molecule has 0 saturated heterocycles. The minimum atomic E-state index is -5.17. The number of quaternary nitrogens is 1. The first-order valence-electron chi connectivity index (χ1n) is 0.667. The van der Waals surface area contributed by atoms with Crippen LogP contribution in [0.2, 0.25) is 0 Å². The van der Waals surface area contributed by atoms with E-state index in [9.17, 15) is 0 Å². The molecule has 0 aromatic rings. The van der Waals surface area contributed by atoms with Crippen LogP contribution in [0.5, 0.6) is 0 Å². The van der Waals surface area contributed by atoms with Crippen molar-refractivity contribution in [2.24, 2.45) is 0 Å². The second-order valence-electron chi connectivity index (χ2n) is 0.408. The van der Waals surface area contributed by atoms with E-state index >= 15 is 0 Å². The van der Waals surface area contributed by atoms with E-state index in [2.05, 4.69) is 0 Å². The summed E-state index contributed by atoms with van der Waals surface area (Å²) < 4.78 is 34.1. The summed E-state index contributed by atoms with van der Waals surface area (Å²) in [5, 5.41) is 0. The molecule has 0 aliphatic heterocycles. The molecule has 0 unspecified atom stereocenters. The van der Waals surface area contributed by atoms with E-state index < -0.39 is 10.4 Å². The second kappa shape index (κ2) is 60.5. The van der Waals surface area contributed by atoms with Gasteiger partial charge in [0.25, 0.3) is 0 Å². The Hall–Kier alpha value is 0.887. The Morgan fingerprint density at radius 3 is 0.600 bits per heavy atom. The van der Waals surface area contributed by atoms with E-state index in [1.54, 1.807) is 0 Å². The van der Waals surface area contributed by atoms with E-state index in [0.29, 0.717) is 0 Å². The average molecular weight is 398 g/mol. The van der Waals surface area contributed by atoms with Gasteiger partial charge in [-0.05, 0) is 0 Å². The predicted molar refractivity (Wildman–Crippen MR) is 45.4 cm³/mol. The van der Waals surface area contributed by atoms with Crippen LogP contribution < -0.4 is 6.15 Å². The van der Waals surface area contributed by atoms with Gasteiger partial charge in [0.1, 0.15) is 0 Å². The molecule has 0 rings (SSSR count). The molecule has 0 fully saturated rings. The smallest absolute Gasteiger partial charge is 0.759 e. The average Bonchev–Trinajstić information content (AvgIpc) is 0.722. The number of hydrogen-bond donors (Lipinski definition) is 1. The molecule has 0 aliphatic carbocycles. The van der Waals surface area contributed by atoms with Gasteiger partial charge >= 0.3 is 41.7 Å². The number of hydrogen-bond acceptors (Lipinski definition) is 4. The fraction of sp³-hybridized carbons (Fsp3) is 0. The first-order valence-corrected chi connectivity index (χ1v) is 2.00. The van der Waals surface area contributed by atoms with Crippen LogP contribution in [0.3, 0.4) is 0 Å². The van der Waals surface area contributed by atoms with Gasteiger partial charge in [0.15, 0.2) is 0 Å². The Morgan fingerprint density at radius 2 is 0.600 bits per heavy atom. The van der Waals surface area contributed by atoms with Crippen LogP contribution in [0.25, 0.3) is 0 Å². The first kappa shape index (κ1) is 147. The summed E-state index contributed by atoms with van der Waals surface area (Å²) in [6, 6.07) is 0. The Kier molecular flexibility index (Phi) is 595. The summed E-state index contributed by atoms with van der Waals surface area (Å²) >= 11 is 0. The van der Waals surface area contributed by atoms with Gasteiger partial charge < -0.3 is 59.1 Å². The maximum absolute atomic E-state index is 8.52. The molecule has 0 atom stereocenters. The van der Waals surface area contributed by atoms with E-state index in [1.807, 2.05) is 0 Å². The largest absolute Gasteiger partial charge is 3.00 e. The molecule has 0 amide bonds. The molecule has 15 heteroatoms. The Labute approximate surface area is 119 Å². The van der Waals surface area contributed by atoms with Crippen LogP contribution in [-0.4, -0.2) is 61.3 Å². The first-order chi connectivity index (χ1) is 2.00. The van der Waals surface area contributed by atoms with Gasteiger partial charge in [-0.15, -0.1) is 0 Å². The van der Waals surface area contributed by atoms with Gasteiger partial charge in [-0.1, -0.05) is 0 Å². The van der Waals surface area contributed by atoms with Crippen molar-refractivity contribution in [3.05, 3.63) is 0 Å². The molecule has 0 aromatic carbocycles. The van der Waals surface area contributed by atoms with Crippen molar-refractivity contribution in [2.75, 3.05) is 0 Å². The van der Waals surface area contributed by atoms with Crippen LogP contribution in [0.1, 0.15) is 0 Å². The normalized spacial score (nSPS) is 3.87. The Balaban J connectivity index is -0.00000000178. The maximum Gasteiger partial charge on any atom is 3.00 e. The van der Waals surface area contributed by atoms with Crippen LogP contribution in [-0.2, 0) is 10.4 Å². The summed E-state index contributed by atoms with van der Waals surface area (Å²) in [4.78, 5) is 0. The van der Waals surface area contributed by atoms with Crippen molar-refractivity contribution in [3.8, 4) is 0 Å². The van der Waals surface area contributed by atoms with Gasteiger partial charge in [-0.3, -0.25) is 8.42 Å². The molecule has 20 N–H and O–H groups in total. The van der Waals surface area contributed by atoms with Crippen molar-refractivity contribution in [1.29, 1.82) is 0 Å². The minimum Gasteiger partial charge on any atom is -0.759 e. The minimum absolute atomic E-state index is 0. The molecule has 0 heterocycles. The van der Waals surface area contributed by atoms with Crippen molar-refractivity contribution >= 4 is 10.4 Å². The van der Waals surface area contributed by atoms with Crippen LogP contribution >= 0.6 is 0 Å². The molecule has 0 aliphatic rings. The molecule has 0 aromatic heterocycles. The molecular formula is H20CeNO12S+2. The summed E-state index contributed by atoms with van der Waals surface area (Å²) in [6.07, 6.45) is 0. The predicted octanol–water partition coefficient (Wildman–Crippen LogP) is -7.56. The summed E-state index contributed by atoms with van der Waals surface area (Å²) in [5.41, 5.74) is 0. The Morgan fingerprint density at radius 1 is 0.600 bits per heavy atom. The van der Waals surface area contributed by atoms with Crippen LogP contribution in [0, 0.1) is 41.7 Å². The van der Waals surface area contributed by atoms with Gasteiger partial charge in [0.05, 0.1) is 0 Å². The van der Waals surface area contributed by atoms with Gasteiger partial charge in [0, 0.05) is 10.4 Å². The fourth-order valence-electron chi connectivity index (χ4n) is 0. The van der Waals surface area contributed by atoms with E-state index in [4.69, 9.17) is 17.5 Å². The van der Waals surface area contributed by atoms with E-state index in [1.165, 1.54) is 0 Å². The number of rotatable bonds is 0. The summed E-state index contributed by atoms with van der Waals surface area (Å²) in [6.45, 7) is 0. The zero-order valence-corrected chi connectivity index (χ0v) is 11.5. The van der Waals surface area contributed by atoms with Crippen molar-refractivity contribution in [1.82, 2.24) is 6.15 Å². The standard InChI is InChI=1S/Ce.H3N.H2O4S.8H2O/c;;1-5(2,3)4;;;;;;;;/h;1H3;(H2,1,2,3,4);8*1H2/q+3;;;;;;;;;;/p-1. The van der Waals surface area contributed by atoms with Crippen molar-refractivity contribution in [2.45, 2.75) is 0 Å². The molecule has 1 radical (unpaired) electrons. The molecule has 0 spiro atoms. The van der Waals surface area contributed by atoms with Gasteiger partial charge in [-0.25, -0.2) is 0 Å². The Bertz CT molecular complexity index is 98.8. The zero-order valence-electron chi connectivity index (χ0n) is 7.54. The monoisotopic (exact) mass is 398 g/mol. The molecule has 105 valence electrons. The second-order valence-corrected chi connectivity index (χ2v) is 1.22.